The van der Waals surface area contributed by atoms with Crippen LogP contribution in [0.3, 0.4) is 0 Å². The third-order valence-corrected chi connectivity index (χ3v) is 3.82. The monoisotopic (exact) mass is 318 g/mol. The van der Waals surface area contributed by atoms with Crippen LogP contribution in [0.2, 0.25) is 0 Å². The summed E-state index contributed by atoms with van der Waals surface area (Å²) in [6, 6.07) is 11.1. The molecule has 1 aromatic carbocycles. The molecule has 0 spiro atoms. The first-order valence-corrected chi connectivity index (χ1v) is 7.92. The number of amides is 2. The quantitative estimate of drug-likeness (QED) is 0.804. The Morgan fingerprint density at radius 2 is 1.95 bits per heavy atom. The lowest BCUT2D eigenvalue weighted by atomic mass is 10.1. The highest BCUT2D eigenvalue weighted by atomic mass is 32.1. The number of carbonyl (C=O) groups is 2. The number of benzene rings is 1. The Bertz CT molecular complexity index is 626. The van der Waals surface area contributed by atoms with E-state index in [1.807, 2.05) is 31.2 Å². The van der Waals surface area contributed by atoms with E-state index in [-0.39, 0.29) is 18.2 Å². The summed E-state index contributed by atoms with van der Waals surface area (Å²) in [7, 11) is 0. The van der Waals surface area contributed by atoms with Gasteiger partial charge in [0.05, 0.1) is 11.5 Å². The van der Waals surface area contributed by atoms with E-state index < -0.39 is 0 Å². The van der Waals surface area contributed by atoms with Crippen LogP contribution < -0.4 is 15.6 Å². The van der Waals surface area contributed by atoms with E-state index in [9.17, 15) is 9.59 Å². The second-order valence-corrected chi connectivity index (χ2v) is 5.47. The standard InChI is InChI=1S/C16H18N2O3S/c1-2-21-13-7-4-3-6-12(13)9-10-15(19)17-18-16(20)14-8-5-11-22-14/h3-8,11H,2,9-10H2,1H3,(H,17,19)(H,18,20). The molecule has 116 valence electrons. The fourth-order valence-corrected chi connectivity index (χ4v) is 2.53. The van der Waals surface area contributed by atoms with Crippen molar-refractivity contribution in [2.45, 2.75) is 19.8 Å². The van der Waals surface area contributed by atoms with E-state index >= 15 is 0 Å². The van der Waals surface area contributed by atoms with Gasteiger partial charge in [-0.05, 0) is 36.4 Å². The summed E-state index contributed by atoms with van der Waals surface area (Å²) >= 11 is 1.32. The Labute approximate surface area is 133 Å². The van der Waals surface area contributed by atoms with Gasteiger partial charge in [-0.3, -0.25) is 20.4 Å². The zero-order chi connectivity index (χ0) is 15.8. The van der Waals surface area contributed by atoms with Gasteiger partial charge in [0.25, 0.3) is 5.91 Å². The van der Waals surface area contributed by atoms with Gasteiger partial charge in [0.1, 0.15) is 5.75 Å². The Hall–Kier alpha value is -2.34. The largest absolute Gasteiger partial charge is 0.494 e. The summed E-state index contributed by atoms with van der Waals surface area (Å²) < 4.78 is 5.52. The molecule has 0 fully saturated rings. The lowest BCUT2D eigenvalue weighted by Gasteiger charge is -2.10. The maximum Gasteiger partial charge on any atom is 0.279 e. The van der Waals surface area contributed by atoms with Crippen LogP contribution >= 0.6 is 11.3 Å². The predicted octanol–water partition coefficient (Wildman–Crippen LogP) is 2.54. The SMILES string of the molecule is CCOc1ccccc1CCC(=O)NNC(=O)c1cccs1. The minimum atomic E-state index is -0.307. The summed E-state index contributed by atoms with van der Waals surface area (Å²) in [6.45, 7) is 2.50. The maximum atomic E-state index is 11.8. The van der Waals surface area contributed by atoms with E-state index in [2.05, 4.69) is 10.9 Å². The molecule has 0 atom stereocenters. The smallest absolute Gasteiger partial charge is 0.279 e. The lowest BCUT2D eigenvalue weighted by molar-refractivity contribution is -0.121. The van der Waals surface area contributed by atoms with Crippen LogP contribution in [0.15, 0.2) is 41.8 Å². The fraction of sp³-hybridized carbons (Fsp3) is 0.250. The number of hydrogen-bond acceptors (Lipinski definition) is 4. The molecule has 2 aromatic rings. The fourth-order valence-electron chi connectivity index (χ4n) is 1.91. The van der Waals surface area contributed by atoms with Crippen molar-refractivity contribution >= 4 is 23.2 Å². The summed E-state index contributed by atoms with van der Waals surface area (Å²) in [4.78, 5) is 24.0. The predicted molar refractivity (Wildman–Crippen MR) is 85.9 cm³/mol. The Morgan fingerprint density at radius 1 is 1.14 bits per heavy atom. The molecule has 1 aromatic heterocycles. The number of thiophene rings is 1. The molecule has 0 aliphatic rings. The second kappa shape index (κ2) is 8.19. The molecule has 0 radical (unpaired) electrons. The molecule has 0 aliphatic carbocycles. The van der Waals surface area contributed by atoms with E-state index in [4.69, 9.17) is 4.74 Å². The van der Waals surface area contributed by atoms with Crippen molar-refractivity contribution in [3.8, 4) is 5.75 Å². The first-order chi connectivity index (χ1) is 10.7. The van der Waals surface area contributed by atoms with Crippen LogP contribution in [0.1, 0.15) is 28.6 Å². The molecule has 6 heteroatoms. The van der Waals surface area contributed by atoms with E-state index in [1.54, 1.807) is 17.5 Å². The van der Waals surface area contributed by atoms with Gasteiger partial charge < -0.3 is 4.74 Å². The van der Waals surface area contributed by atoms with E-state index in [0.717, 1.165) is 11.3 Å². The number of para-hydroxylation sites is 1. The number of hydrogen-bond donors (Lipinski definition) is 2. The van der Waals surface area contributed by atoms with Crippen molar-refractivity contribution in [3.63, 3.8) is 0 Å². The molecule has 22 heavy (non-hydrogen) atoms. The van der Waals surface area contributed by atoms with Gasteiger partial charge in [0, 0.05) is 6.42 Å². The highest BCUT2D eigenvalue weighted by Gasteiger charge is 2.09. The molecular weight excluding hydrogens is 300 g/mol. The van der Waals surface area contributed by atoms with Gasteiger partial charge in [-0.15, -0.1) is 11.3 Å². The zero-order valence-electron chi connectivity index (χ0n) is 12.3. The molecule has 0 unspecified atom stereocenters. The Balaban J connectivity index is 1.79. The summed E-state index contributed by atoms with van der Waals surface area (Å²) in [5.41, 5.74) is 5.80. The highest BCUT2D eigenvalue weighted by Crippen LogP contribution is 2.19. The number of rotatable bonds is 6. The van der Waals surface area contributed by atoms with Crippen molar-refractivity contribution in [3.05, 3.63) is 52.2 Å². The first kappa shape index (κ1) is 16.0. The number of nitrogens with one attached hydrogen (secondary N) is 2. The van der Waals surface area contributed by atoms with Crippen molar-refractivity contribution in [2.24, 2.45) is 0 Å². The van der Waals surface area contributed by atoms with Crippen molar-refractivity contribution in [2.75, 3.05) is 6.61 Å². The van der Waals surface area contributed by atoms with Gasteiger partial charge in [-0.1, -0.05) is 24.3 Å². The topological polar surface area (TPSA) is 67.4 Å². The minimum Gasteiger partial charge on any atom is -0.494 e. The Morgan fingerprint density at radius 3 is 2.68 bits per heavy atom. The number of carbonyl (C=O) groups excluding carboxylic acids is 2. The van der Waals surface area contributed by atoms with Gasteiger partial charge in [-0.25, -0.2) is 0 Å². The van der Waals surface area contributed by atoms with Gasteiger partial charge in [-0.2, -0.15) is 0 Å². The Kier molecular flexibility index (Phi) is 5.97. The van der Waals surface area contributed by atoms with Crippen LogP contribution in [0.4, 0.5) is 0 Å². The average molecular weight is 318 g/mol. The molecule has 0 saturated carbocycles. The molecular formula is C16H18N2O3S. The van der Waals surface area contributed by atoms with E-state index in [1.165, 1.54) is 11.3 Å². The van der Waals surface area contributed by atoms with Crippen molar-refractivity contribution in [1.82, 2.24) is 10.9 Å². The maximum absolute atomic E-state index is 11.8. The molecule has 0 bridgehead atoms. The average Bonchev–Trinajstić information content (AvgIpc) is 3.06. The molecule has 5 nitrogen and oxygen atoms in total. The number of hydrazine groups is 1. The molecule has 2 N–H and O–H groups in total. The van der Waals surface area contributed by atoms with Crippen LogP contribution in [0, 0.1) is 0 Å². The van der Waals surface area contributed by atoms with Crippen LogP contribution in [0.25, 0.3) is 0 Å². The lowest BCUT2D eigenvalue weighted by Crippen LogP contribution is -2.41. The number of ether oxygens (including phenoxy) is 1. The first-order valence-electron chi connectivity index (χ1n) is 7.04. The number of aryl methyl sites for hydroxylation is 1. The normalized spacial score (nSPS) is 10.0. The van der Waals surface area contributed by atoms with Crippen molar-refractivity contribution < 1.29 is 14.3 Å². The second-order valence-electron chi connectivity index (χ2n) is 4.52. The third kappa shape index (κ3) is 4.60. The minimum absolute atomic E-state index is 0.240. The van der Waals surface area contributed by atoms with Crippen molar-refractivity contribution in [1.29, 1.82) is 0 Å². The molecule has 0 aliphatic heterocycles. The zero-order valence-corrected chi connectivity index (χ0v) is 13.1. The van der Waals surface area contributed by atoms with Gasteiger partial charge >= 0.3 is 0 Å². The van der Waals surface area contributed by atoms with Gasteiger partial charge in [0.15, 0.2) is 0 Å². The highest BCUT2D eigenvalue weighted by molar-refractivity contribution is 7.12. The molecule has 2 rings (SSSR count). The van der Waals surface area contributed by atoms with Crippen LogP contribution in [0.5, 0.6) is 5.75 Å². The van der Waals surface area contributed by atoms with Crippen LogP contribution in [-0.4, -0.2) is 18.4 Å². The molecule has 1 heterocycles. The van der Waals surface area contributed by atoms with Gasteiger partial charge in [0.2, 0.25) is 5.91 Å². The molecule has 0 saturated heterocycles. The van der Waals surface area contributed by atoms with Crippen LogP contribution in [-0.2, 0) is 11.2 Å². The third-order valence-electron chi connectivity index (χ3n) is 2.95. The van der Waals surface area contributed by atoms with E-state index in [0.29, 0.717) is 17.9 Å². The molecule has 2 amide bonds. The summed E-state index contributed by atoms with van der Waals surface area (Å²) in [5.74, 6) is 0.245. The summed E-state index contributed by atoms with van der Waals surface area (Å²) in [5, 5.41) is 1.81. The summed E-state index contributed by atoms with van der Waals surface area (Å²) in [6.07, 6.45) is 0.825.